The van der Waals surface area contributed by atoms with E-state index in [0.717, 1.165) is 0 Å². The molecule has 0 aliphatic heterocycles. The molecule has 0 atom stereocenters. The molecular formula is C8H8F3N. The molecule has 0 spiro atoms. The minimum atomic E-state index is -0.907. The first-order chi connectivity index (χ1) is 5.52. The molecule has 1 aromatic rings. The third-order valence-electron chi connectivity index (χ3n) is 1.43. The van der Waals surface area contributed by atoms with Crippen LogP contribution in [0.15, 0.2) is 12.1 Å². The van der Waals surface area contributed by atoms with Gasteiger partial charge in [0.1, 0.15) is 11.5 Å². The Balaban J connectivity index is 3.28. The van der Waals surface area contributed by atoms with Crippen LogP contribution >= 0.6 is 0 Å². The zero-order valence-electron chi connectivity index (χ0n) is 6.74. The van der Waals surface area contributed by atoms with Gasteiger partial charge in [0.15, 0.2) is 11.6 Å². The highest BCUT2D eigenvalue weighted by Crippen LogP contribution is 2.22. The van der Waals surface area contributed by atoms with Crippen molar-refractivity contribution in [2.24, 2.45) is 0 Å². The van der Waals surface area contributed by atoms with E-state index in [1.54, 1.807) is 0 Å². The Bertz CT molecular complexity index is 273. The molecule has 0 fully saturated rings. The fourth-order valence-electron chi connectivity index (χ4n) is 0.962. The average Bonchev–Trinajstić information content (AvgIpc) is 1.82. The summed E-state index contributed by atoms with van der Waals surface area (Å²) in [6.45, 7) is 0. The van der Waals surface area contributed by atoms with Gasteiger partial charge in [-0.05, 0) is 0 Å². The second-order valence-corrected chi connectivity index (χ2v) is 2.61. The molecule has 0 bridgehead atoms. The lowest BCUT2D eigenvalue weighted by Gasteiger charge is -2.13. The van der Waals surface area contributed by atoms with Crippen molar-refractivity contribution in [3.05, 3.63) is 29.6 Å². The van der Waals surface area contributed by atoms with Gasteiger partial charge in [-0.3, -0.25) is 0 Å². The quantitative estimate of drug-likeness (QED) is 0.632. The maximum Gasteiger partial charge on any atom is 0.152 e. The normalized spacial score (nSPS) is 10.1. The Morgan fingerprint density at radius 1 is 1.00 bits per heavy atom. The third kappa shape index (κ3) is 1.52. The van der Waals surface area contributed by atoms with E-state index in [1.165, 1.54) is 19.0 Å². The largest absolute Gasteiger partial charge is 0.373 e. The van der Waals surface area contributed by atoms with Crippen LogP contribution in [-0.4, -0.2) is 14.1 Å². The number of nitrogens with zero attached hydrogens (tertiary/aromatic N) is 1. The first kappa shape index (κ1) is 8.90. The zero-order chi connectivity index (χ0) is 9.30. The predicted octanol–water partition coefficient (Wildman–Crippen LogP) is 2.17. The molecule has 12 heavy (non-hydrogen) atoms. The molecule has 1 rings (SSSR count). The van der Waals surface area contributed by atoms with E-state index < -0.39 is 17.5 Å². The van der Waals surface area contributed by atoms with E-state index in [1.807, 2.05) is 0 Å². The summed E-state index contributed by atoms with van der Waals surface area (Å²) in [5.41, 5.74) is -0.226. The van der Waals surface area contributed by atoms with E-state index in [2.05, 4.69) is 0 Å². The van der Waals surface area contributed by atoms with Crippen molar-refractivity contribution in [1.82, 2.24) is 0 Å². The van der Waals surface area contributed by atoms with Crippen LogP contribution in [0, 0.1) is 17.5 Å². The van der Waals surface area contributed by atoms with Gasteiger partial charge >= 0.3 is 0 Å². The van der Waals surface area contributed by atoms with Gasteiger partial charge in [0.05, 0.1) is 0 Å². The highest BCUT2D eigenvalue weighted by atomic mass is 19.1. The Labute approximate surface area is 68.4 Å². The van der Waals surface area contributed by atoms with E-state index in [9.17, 15) is 13.2 Å². The van der Waals surface area contributed by atoms with Crippen LogP contribution in [0.3, 0.4) is 0 Å². The number of hydrogen-bond donors (Lipinski definition) is 0. The van der Waals surface area contributed by atoms with Gasteiger partial charge in [-0.1, -0.05) is 0 Å². The molecule has 0 heterocycles. The van der Waals surface area contributed by atoms with Crippen LogP contribution in [-0.2, 0) is 0 Å². The molecular weight excluding hydrogens is 167 g/mol. The number of anilines is 1. The Morgan fingerprint density at radius 2 is 1.42 bits per heavy atom. The van der Waals surface area contributed by atoms with Gasteiger partial charge in [0.2, 0.25) is 0 Å². The Hall–Kier alpha value is -1.19. The standard InChI is InChI=1S/C8H8F3N/c1-12(2)8-6(10)3-5(9)4-7(8)11/h3-4H,1-2H3. The fourth-order valence-corrected chi connectivity index (χ4v) is 0.962. The molecule has 0 N–H and O–H groups in total. The number of halogens is 3. The molecule has 4 heteroatoms. The first-order valence-corrected chi connectivity index (χ1v) is 3.34. The highest BCUT2D eigenvalue weighted by molar-refractivity contribution is 5.47. The molecule has 0 aliphatic rings. The summed E-state index contributed by atoms with van der Waals surface area (Å²) in [5, 5.41) is 0. The van der Waals surface area contributed by atoms with Crippen LogP contribution in [0.25, 0.3) is 0 Å². The molecule has 1 nitrogen and oxygen atoms in total. The molecule has 1 aromatic carbocycles. The molecule has 0 unspecified atom stereocenters. The number of benzene rings is 1. The summed E-state index contributed by atoms with van der Waals surface area (Å²) >= 11 is 0. The minimum Gasteiger partial charge on any atom is -0.373 e. The Morgan fingerprint density at radius 3 is 1.75 bits per heavy atom. The van der Waals surface area contributed by atoms with Crippen molar-refractivity contribution >= 4 is 5.69 Å². The van der Waals surface area contributed by atoms with Crippen molar-refractivity contribution in [2.45, 2.75) is 0 Å². The SMILES string of the molecule is CN(C)c1c(F)cc(F)cc1F. The summed E-state index contributed by atoms with van der Waals surface area (Å²) < 4.78 is 38.1. The van der Waals surface area contributed by atoms with E-state index >= 15 is 0 Å². The van der Waals surface area contributed by atoms with Crippen molar-refractivity contribution in [3.63, 3.8) is 0 Å². The lowest BCUT2D eigenvalue weighted by atomic mass is 10.2. The Kier molecular flexibility index (Phi) is 2.26. The number of hydrogen-bond acceptors (Lipinski definition) is 1. The molecule has 66 valence electrons. The van der Waals surface area contributed by atoms with Gasteiger partial charge in [0.25, 0.3) is 0 Å². The maximum atomic E-state index is 12.8. The number of rotatable bonds is 1. The average molecular weight is 175 g/mol. The second kappa shape index (κ2) is 3.05. The van der Waals surface area contributed by atoms with E-state index in [4.69, 9.17) is 0 Å². The second-order valence-electron chi connectivity index (χ2n) is 2.61. The van der Waals surface area contributed by atoms with Crippen molar-refractivity contribution in [2.75, 3.05) is 19.0 Å². The zero-order valence-corrected chi connectivity index (χ0v) is 6.74. The summed E-state index contributed by atoms with van der Waals surface area (Å²) in [6, 6.07) is 1.30. The van der Waals surface area contributed by atoms with Gasteiger partial charge in [-0.2, -0.15) is 0 Å². The van der Waals surface area contributed by atoms with Crippen LogP contribution in [0.2, 0.25) is 0 Å². The van der Waals surface area contributed by atoms with Gasteiger partial charge in [0, 0.05) is 26.2 Å². The summed E-state index contributed by atoms with van der Waals surface area (Å²) in [4.78, 5) is 1.25. The van der Waals surface area contributed by atoms with Crippen LogP contribution in [0.4, 0.5) is 18.9 Å². The smallest absolute Gasteiger partial charge is 0.152 e. The fraction of sp³-hybridized carbons (Fsp3) is 0.250. The molecule has 0 amide bonds. The first-order valence-electron chi connectivity index (χ1n) is 3.34. The van der Waals surface area contributed by atoms with Gasteiger partial charge in [-0.15, -0.1) is 0 Å². The molecule has 0 aromatic heterocycles. The monoisotopic (exact) mass is 175 g/mol. The van der Waals surface area contributed by atoms with E-state index in [0.29, 0.717) is 12.1 Å². The van der Waals surface area contributed by atoms with Crippen LogP contribution < -0.4 is 4.90 Å². The van der Waals surface area contributed by atoms with E-state index in [-0.39, 0.29) is 5.69 Å². The predicted molar refractivity (Wildman–Crippen MR) is 40.6 cm³/mol. The molecule has 0 saturated carbocycles. The third-order valence-corrected chi connectivity index (χ3v) is 1.43. The van der Waals surface area contributed by atoms with Crippen molar-refractivity contribution in [3.8, 4) is 0 Å². The molecule has 0 radical (unpaired) electrons. The highest BCUT2D eigenvalue weighted by Gasteiger charge is 2.12. The lowest BCUT2D eigenvalue weighted by molar-refractivity contribution is 0.543. The molecule has 0 aliphatic carbocycles. The van der Waals surface area contributed by atoms with Crippen molar-refractivity contribution in [1.29, 1.82) is 0 Å². The topological polar surface area (TPSA) is 3.24 Å². The minimum absolute atomic E-state index is 0.226. The maximum absolute atomic E-state index is 12.8. The molecule has 0 saturated heterocycles. The van der Waals surface area contributed by atoms with Crippen molar-refractivity contribution < 1.29 is 13.2 Å². The van der Waals surface area contributed by atoms with Gasteiger partial charge in [-0.25, -0.2) is 13.2 Å². The van der Waals surface area contributed by atoms with Crippen LogP contribution in [0.1, 0.15) is 0 Å². The lowest BCUT2D eigenvalue weighted by Crippen LogP contribution is -2.13. The van der Waals surface area contributed by atoms with Crippen LogP contribution in [0.5, 0.6) is 0 Å². The summed E-state index contributed by atoms with van der Waals surface area (Å²) in [6.07, 6.45) is 0. The van der Waals surface area contributed by atoms with Gasteiger partial charge < -0.3 is 4.90 Å². The summed E-state index contributed by atoms with van der Waals surface area (Å²) in [5.74, 6) is -2.69. The summed E-state index contributed by atoms with van der Waals surface area (Å²) in [7, 11) is 2.97.